The number of fused-ring (bicyclic) bond motifs is 1. The summed E-state index contributed by atoms with van der Waals surface area (Å²) in [4.78, 5) is 17.6. The van der Waals surface area contributed by atoms with Crippen molar-refractivity contribution in [3.05, 3.63) is 114 Å². The summed E-state index contributed by atoms with van der Waals surface area (Å²) in [7, 11) is -1.25. The second-order valence-electron chi connectivity index (χ2n) is 8.42. The van der Waals surface area contributed by atoms with Gasteiger partial charge in [0.15, 0.2) is 5.78 Å². The lowest BCUT2D eigenvalue weighted by Crippen LogP contribution is -2.18. The molecule has 0 aliphatic heterocycles. The zero-order valence-electron chi connectivity index (χ0n) is 18.8. The number of carbonyl (C=O) groups is 1. The van der Waals surface area contributed by atoms with Crippen molar-refractivity contribution in [3.63, 3.8) is 0 Å². The normalized spacial score (nSPS) is 14.9. The maximum atomic E-state index is 13.3. The van der Waals surface area contributed by atoms with Crippen molar-refractivity contribution in [1.29, 1.82) is 0 Å². The van der Waals surface area contributed by atoms with E-state index in [-0.39, 0.29) is 11.9 Å². The Labute approximate surface area is 201 Å². The van der Waals surface area contributed by atoms with Crippen molar-refractivity contribution in [1.82, 2.24) is 9.55 Å². The first kappa shape index (κ1) is 22.3. The highest BCUT2D eigenvalue weighted by Crippen LogP contribution is 2.35. The van der Waals surface area contributed by atoms with Gasteiger partial charge in [0.1, 0.15) is 11.9 Å². The summed E-state index contributed by atoms with van der Waals surface area (Å²) in [6.45, 7) is 0.585. The van der Waals surface area contributed by atoms with Gasteiger partial charge in [0.2, 0.25) is 0 Å². The molecule has 1 aromatic heterocycles. The number of ether oxygens (including phenoxy) is 1. The van der Waals surface area contributed by atoms with E-state index in [4.69, 9.17) is 4.74 Å². The highest BCUT2D eigenvalue weighted by molar-refractivity contribution is 7.84. The van der Waals surface area contributed by atoms with Gasteiger partial charge < -0.3 is 9.30 Å². The molecule has 3 aromatic carbocycles. The molecule has 34 heavy (non-hydrogen) atoms. The molecular formula is C28H26N2O3S. The first-order valence-corrected chi connectivity index (χ1v) is 12.8. The Hall–Kier alpha value is -3.51. The Balaban J connectivity index is 1.54. The van der Waals surface area contributed by atoms with Crippen LogP contribution in [0.1, 0.15) is 46.0 Å². The maximum Gasteiger partial charge on any atom is 0.163 e. The SMILES string of the molecule is O=C1CCCc2c1ccc(OC(Cn1ccnc1)c1ccccc1)c2CS(=O)c1ccccc1. The molecule has 5 rings (SSSR count). The zero-order valence-corrected chi connectivity index (χ0v) is 19.6. The zero-order chi connectivity index (χ0) is 23.3. The Morgan fingerprint density at radius 2 is 1.74 bits per heavy atom. The topological polar surface area (TPSA) is 61.2 Å². The number of imidazole rings is 1. The van der Waals surface area contributed by atoms with Gasteiger partial charge in [-0.3, -0.25) is 9.00 Å². The quantitative estimate of drug-likeness (QED) is 0.340. The molecule has 2 atom stereocenters. The van der Waals surface area contributed by atoms with Crippen LogP contribution in [-0.4, -0.2) is 19.5 Å². The van der Waals surface area contributed by atoms with Gasteiger partial charge in [-0.1, -0.05) is 48.5 Å². The first-order chi connectivity index (χ1) is 16.7. The van der Waals surface area contributed by atoms with Crippen LogP contribution in [0.4, 0.5) is 0 Å². The predicted molar refractivity (Wildman–Crippen MR) is 132 cm³/mol. The Morgan fingerprint density at radius 3 is 2.47 bits per heavy atom. The summed E-state index contributed by atoms with van der Waals surface area (Å²) in [6.07, 6.45) is 7.32. The Kier molecular flexibility index (Phi) is 6.67. The molecule has 0 N–H and O–H groups in total. The average molecular weight is 471 g/mol. The van der Waals surface area contributed by atoms with E-state index in [2.05, 4.69) is 4.98 Å². The van der Waals surface area contributed by atoms with Gasteiger partial charge in [-0.25, -0.2) is 4.98 Å². The number of hydrogen-bond acceptors (Lipinski definition) is 4. The Bertz CT molecular complexity index is 1290. The van der Waals surface area contributed by atoms with Crippen molar-refractivity contribution in [3.8, 4) is 5.75 Å². The molecule has 0 saturated carbocycles. The molecule has 1 aliphatic rings. The third-order valence-corrected chi connectivity index (χ3v) is 7.53. The van der Waals surface area contributed by atoms with Crippen molar-refractivity contribution >= 4 is 16.6 Å². The van der Waals surface area contributed by atoms with E-state index in [1.807, 2.05) is 83.6 Å². The smallest absolute Gasteiger partial charge is 0.163 e. The lowest BCUT2D eigenvalue weighted by molar-refractivity contribution is 0.0972. The average Bonchev–Trinajstić information content (AvgIpc) is 3.39. The number of Topliss-reactive ketones (excluding diaryl/α,β-unsaturated/α-hetero) is 1. The molecule has 1 aliphatic carbocycles. The van der Waals surface area contributed by atoms with Gasteiger partial charge in [0, 0.05) is 34.8 Å². The minimum Gasteiger partial charge on any atom is -0.484 e. The van der Waals surface area contributed by atoms with Crippen LogP contribution in [0.15, 0.2) is 96.4 Å². The maximum absolute atomic E-state index is 13.3. The number of aromatic nitrogens is 2. The molecule has 1 heterocycles. The number of hydrogen-bond donors (Lipinski definition) is 0. The second-order valence-corrected chi connectivity index (χ2v) is 9.88. The minimum atomic E-state index is -1.25. The molecule has 0 radical (unpaired) electrons. The van der Waals surface area contributed by atoms with E-state index in [0.29, 0.717) is 24.5 Å². The van der Waals surface area contributed by atoms with E-state index in [0.717, 1.165) is 40.0 Å². The lowest BCUT2D eigenvalue weighted by atomic mass is 9.87. The minimum absolute atomic E-state index is 0.151. The second kappa shape index (κ2) is 10.2. The molecule has 0 spiro atoms. The van der Waals surface area contributed by atoms with Crippen molar-refractivity contribution in [2.45, 2.75) is 42.6 Å². The van der Waals surface area contributed by atoms with E-state index in [1.54, 1.807) is 12.5 Å². The number of benzene rings is 3. The van der Waals surface area contributed by atoms with Crippen LogP contribution in [0, 0.1) is 0 Å². The molecule has 0 saturated heterocycles. The molecule has 6 heteroatoms. The third-order valence-electron chi connectivity index (χ3n) is 6.18. The fourth-order valence-electron chi connectivity index (χ4n) is 4.45. The fourth-order valence-corrected chi connectivity index (χ4v) is 5.66. The third kappa shape index (κ3) is 4.87. The lowest BCUT2D eigenvalue weighted by Gasteiger charge is -2.25. The van der Waals surface area contributed by atoms with Crippen LogP contribution in [-0.2, 0) is 29.5 Å². The number of carbonyl (C=O) groups excluding carboxylic acids is 1. The molecule has 4 aromatic rings. The van der Waals surface area contributed by atoms with E-state index in [1.165, 1.54) is 0 Å². The summed E-state index contributed by atoms with van der Waals surface area (Å²) in [5.74, 6) is 1.15. The van der Waals surface area contributed by atoms with Crippen molar-refractivity contribution in [2.24, 2.45) is 0 Å². The summed E-state index contributed by atoms with van der Waals surface area (Å²) in [5, 5.41) is 0. The number of nitrogens with zero attached hydrogens (tertiary/aromatic N) is 2. The summed E-state index contributed by atoms with van der Waals surface area (Å²) < 4.78 is 21.9. The number of ketones is 1. The van der Waals surface area contributed by atoms with Crippen LogP contribution >= 0.6 is 0 Å². The summed E-state index contributed by atoms with van der Waals surface area (Å²) in [5.41, 5.74) is 3.64. The molecule has 5 nitrogen and oxygen atoms in total. The van der Waals surface area contributed by atoms with E-state index < -0.39 is 10.8 Å². The predicted octanol–water partition coefficient (Wildman–Crippen LogP) is 5.53. The molecular weight excluding hydrogens is 444 g/mol. The highest BCUT2D eigenvalue weighted by Gasteiger charge is 2.25. The molecule has 0 amide bonds. The van der Waals surface area contributed by atoms with Crippen LogP contribution in [0.3, 0.4) is 0 Å². The van der Waals surface area contributed by atoms with Crippen molar-refractivity contribution in [2.75, 3.05) is 0 Å². The van der Waals surface area contributed by atoms with Crippen LogP contribution in [0.25, 0.3) is 0 Å². The first-order valence-electron chi connectivity index (χ1n) is 11.5. The molecule has 0 bridgehead atoms. The molecule has 2 unspecified atom stereocenters. The Morgan fingerprint density at radius 1 is 0.971 bits per heavy atom. The highest BCUT2D eigenvalue weighted by atomic mass is 32.2. The van der Waals surface area contributed by atoms with Crippen molar-refractivity contribution < 1.29 is 13.7 Å². The molecule has 172 valence electrons. The standard InChI is InChI=1S/C28H26N2O3S/c31-26-13-7-12-23-24(26)14-15-27(25(23)19-34(32)22-10-5-2-6-11-22)33-28(18-30-17-16-29-20-30)21-8-3-1-4-9-21/h1-6,8-11,14-17,20,28H,7,12-13,18-19H2. The van der Waals surface area contributed by atoms with Gasteiger partial charge >= 0.3 is 0 Å². The van der Waals surface area contributed by atoms with Gasteiger partial charge in [-0.15, -0.1) is 0 Å². The van der Waals surface area contributed by atoms with Gasteiger partial charge in [0.05, 0.1) is 29.4 Å². The fraction of sp³-hybridized carbons (Fsp3) is 0.214. The van der Waals surface area contributed by atoms with E-state index >= 15 is 0 Å². The largest absolute Gasteiger partial charge is 0.484 e. The monoisotopic (exact) mass is 470 g/mol. The molecule has 0 fully saturated rings. The van der Waals surface area contributed by atoms with Gasteiger partial charge in [0.25, 0.3) is 0 Å². The van der Waals surface area contributed by atoms with Gasteiger partial charge in [-0.05, 0) is 48.2 Å². The van der Waals surface area contributed by atoms with Crippen LogP contribution < -0.4 is 4.74 Å². The number of rotatable bonds is 8. The van der Waals surface area contributed by atoms with Crippen LogP contribution in [0.2, 0.25) is 0 Å². The summed E-state index contributed by atoms with van der Waals surface area (Å²) >= 11 is 0. The van der Waals surface area contributed by atoms with E-state index in [9.17, 15) is 9.00 Å². The van der Waals surface area contributed by atoms with Gasteiger partial charge in [-0.2, -0.15) is 0 Å². The van der Waals surface area contributed by atoms with Crippen LogP contribution in [0.5, 0.6) is 5.75 Å². The summed E-state index contributed by atoms with van der Waals surface area (Å²) in [6, 6.07) is 23.3.